The van der Waals surface area contributed by atoms with E-state index in [2.05, 4.69) is 44.0 Å². The summed E-state index contributed by atoms with van der Waals surface area (Å²) in [5.41, 5.74) is 2.18. The van der Waals surface area contributed by atoms with Crippen molar-refractivity contribution >= 4 is 36.2 Å². The summed E-state index contributed by atoms with van der Waals surface area (Å²) in [6.45, 7) is 8.81. The molecule has 0 spiro atoms. The Bertz CT molecular complexity index is 831. The Hall–Kier alpha value is -2.22. The van der Waals surface area contributed by atoms with E-state index in [-0.39, 0.29) is 35.7 Å². The number of hydrogen-bond donors (Lipinski definition) is 3. The van der Waals surface area contributed by atoms with Crippen molar-refractivity contribution in [2.24, 2.45) is 5.41 Å². The average molecular weight is 461 g/mol. The molecular formula is C24H36N4O3S. The highest BCUT2D eigenvalue weighted by Crippen LogP contribution is 2.25. The zero-order valence-electron chi connectivity index (χ0n) is 19.4. The third-order valence-corrected chi connectivity index (χ3v) is 6.66. The number of piperidine rings is 1. The van der Waals surface area contributed by atoms with E-state index < -0.39 is 5.25 Å². The number of amides is 4. The van der Waals surface area contributed by atoms with Gasteiger partial charge in [0, 0.05) is 44.3 Å². The highest BCUT2D eigenvalue weighted by molar-refractivity contribution is 7.81. The molecule has 1 saturated heterocycles. The van der Waals surface area contributed by atoms with Crippen molar-refractivity contribution in [1.82, 2.24) is 15.1 Å². The number of nitrogens with one attached hydrogen (secondary N) is 2. The van der Waals surface area contributed by atoms with Gasteiger partial charge in [-0.2, -0.15) is 12.6 Å². The van der Waals surface area contributed by atoms with Crippen LogP contribution in [-0.4, -0.2) is 65.1 Å². The molecule has 1 fully saturated rings. The van der Waals surface area contributed by atoms with Crippen molar-refractivity contribution in [2.45, 2.75) is 64.2 Å². The predicted molar refractivity (Wildman–Crippen MR) is 130 cm³/mol. The van der Waals surface area contributed by atoms with Crippen molar-refractivity contribution in [3.63, 3.8) is 0 Å². The lowest BCUT2D eigenvalue weighted by atomic mass is 9.92. The first kappa shape index (κ1) is 24.4. The summed E-state index contributed by atoms with van der Waals surface area (Å²) in [5.74, 6) is -0.247. The molecule has 3 rings (SSSR count). The molecule has 2 aliphatic rings. The average Bonchev–Trinajstić information content (AvgIpc) is 2.91. The summed E-state index contributed by atoms with van der Waals surface area (Å²) in [4.78, 5) is 41.4. The highest BCUT2D eigenvalue weighted by atomic mass is 32.1. The second-order valence-corrected chi connectivity index (χ2v) is 10.6. The van der Waals surface area contributed by atoms with Gasteiger partial charge in [-0.05, 0) is 42.7 Å². The molecule has 0 radical (unpaired) electrons. The number of nitrogens with zero attached hydrogens (tertiary/aromatic N) is 2. The molecule has 0 bridgehead atoms. The van der Waals surface area contributed by atoms with Crippen molar-refractivity contribution in [3.05, 3.63) is 29.8 Å². The maximum atomic E-state index is 12.7. The van der Waals surface area contributed by atoms with E-state index in [4.69, 9.17) is 0 Å². The molecule has 4 amide bonds. The second kappa shape index (κ2) is 10.6. The monoisotopic (exact) mass is 460 g/mol. The molecule has 7 nitrogen and oxygen atoms in total. The Balaban J connectivity index is 1.44. The molecular weight excluding hydrogens is 424 g/mol. The topological polar surface area (TPSA) is 81.8 Å². The van der Waals surface area contributed by atoms with Gasteiger partial charge in [0.1, 0.15) is 0 Å². The summed E-state index contributed by atoms with van der Waals surface area (Å²) in [7, 11) is 0. The van der Waals surface area contributed by atoms with E-state index in [1.165, 1.54) is 0 Å². The summed E-state index contributed by atoms with van der Waals surface area (Å²) in [6, 6.07) is 7.95. The minimum atomic E-state index is -0.643. The SMILES string of the molecule is CC(C)(C)CCNC(=O)[C@@H](S)CC(=O)N1CCC(N2CCc3ccccc3NC2=O)CC1. The summed E-state index contributed by atoms with van der Waals surface area (Å²) >= 11 is 4.36. The van der Waals surface area contributed by atoms with E-state index in [0.717, 1.165) is 36.9 Å². The van der Waals surface area contributed by atoms with Crippen LogP contribution in [0.4, 0.5) is 10.5 Å². The van der Waals surface area contributed by atoms with Gasteiger partial charge < -0.3 is 20.4 Å². The molecule has 0 aromatic heterocycles. The van der Waals surface area contributed by atoms with E-state index in [0.29, 0.717) is 26.2 Å². The number of thiol groups is 1. The smallest absolute Gasteiger partial charge is 0.322 e. The number of benzene rings is 1. The maximum Gasteiger partial charge on any atom is 0.322 e. The largest absolute Gasteiger partial charge is 0.355 e. The summed E-state index contributed by atoms with van der Waals surface area (Å²) < 4.78 is 0. The van der Waals surface area contributed by atoms with Gasteiger partial charge in [0.15, 0.2) is 0 Å². The van der Waals surface area contributed by atoms with Gasteiger partial charge in [0.05, 0.1) is 5.25 Å². The molecule has 32 heavy (non-hydrogen) atoms. The lowest BCUT2D eigenvalue weighted by Crippen LogP contribution is -2.50. The van der Waals surface area contributed by atoms with Crippen LogP contribution in [0.5, 0.6) is 0 Å². The molecule has 2 heterocycles. The van der Waals surface area contributed by atoms with Crippen LogP contribution in [-0.2, 0) is 16.0 Å². The molecule has 0 aliphatic carbocycles. The van der Waals surface area contributed by atoms with Crippen molar-refractivity contribution < 1.29 is 14.4 Å². The lowest BCUT2D eigenvalue weighted by molar-refractivity contribution is -0.134. The number of urea groups is 1. The van der Waals surface area contributed by atoms with Crippen LogP contribution >= 0.6 is 12.6 Å². The molecule has 1 aromatic rings. The van der Waals surface area contributed by atoms with Gasteiger partial charge in [-0.3, -0.25) is 9.59 Å². The third kappa shape index (κ3) is 6.64. The second-order valence-electron chi connectivity index (χ2n) is 9.96. The summed E-state index contributed by atoms with van der Waals surface area (Å²) in [5, 5.41) is 5.26. The zero-order valence-corrected chi connectivity index (χ0v) is 20.3. The number of hydrogen-bond acceptors (Lipinski definition) is 4. The maximum absolute atomic E-state index is 12.7. The standard InChI is InChI=1S/C24H36N4O3S/c1-24(2,3)11-12-25-22(30)20(32)16-21(29)27-13-9-18(10-14-27)28-15-8-17-6-4-5-7-19(17)26-23(28)31/h4-7,18,20,32H,8-16H2,1-3H3,(H,25,30)(H,26,31)/t20-/m0/s1. The Morgan fingerprint density at radius 2 is 1.88 bits per heavy atom. The first-order chi connectivity index (χ1) is 15.1. The van der Waals surface area contributed by atoms with Gasteiger partial charge >= 0.3 is 6.03 Å². The fourth-order valence-electron chi connectivity index (χ4n) is 4.23. The molecule has 176 valence electrons. The number of rotatable bonds is 6. The normalized spacial score (nSPS) is 18.4. The van der Waals surface area contributed by atoms with Crippen LogP contribution in [0.25, 0.3) is 0 Å². The fraction of sp³-hybridized carbons (Fsp3) is 0.625. The van der Waals surface area contributed by atoms with Gasteiger partial charge in [-0.25, -0.2) is 4.79 Å². The first-order valence-corrected chi connectivity index (χ1v) is 12.0. The van der Waals surface area contributed by atoms with E-state index in [1.807, 2.05) is 29.2 Å². The quantitative estimate of drug-likeness (QED) is 0.570. The van der Waals surface area contributed by atoms with Gasteiger partial charge in [-0.1, -0.05) is 39.0 Å². The fourth-order valence-corrected chi connectivity index (χ4v) is 4.48. The van der Waals surface area contributed by atoms with Crippen molar-refractivity contribution in [2.75, 3.05) is 31.5 Å². The van der Waals surface area contributed by atoms with Crippen LogP contribution in [0, 0.1) is 5.41 Å². The van der Waals surface area contributed by atoms with Crippen LogP contribution < -0.4 is 10.6 Å². The van der Waals surface area contributed by atoms with Gasteiger partial charge in [-0.15, -0.1) is 0 Å². The molecule has 1 aromatic carbocycles. The van der Waals surface area contributed by atoms with Crippen molar-refractivity contribution in [3.8, 4) is 0 Å². The Labute approximate surface area is 196 Å². The number of likely N-dealkylation sites (tertiary alicyclic amines) is 1. The Morgan fingerprint density at radius 3 is 2.56 bits per heavy atom. The minimum Gasteiger partial charge on any atom is -0.355 e. The number of fused-ring (bicyclic) bond motifs is 1. The molecule has 2 aliphatic heterocycles. The van der Waals surface area contributed by atoms with Gasteiger partial charge in [0.2, 0.25) is 11.8 Å². The molecule has 1 atom stereocenters. The third-order valence-electron chi connectivity index (χ3n) is 6.24. The van der Waals surface area contributed by atoms with Gasteiger partial charge in [0.25, 0.3) is 0 Å². The number of carbonyl (C=O) groups is 3. The van der Waals surface area contributed by atoms with E-state index >= 15 is 0 Å². The number of anilines is 1. The molecule has 2 N–H and O–H groups in total. The number of carbonyl (C=O) groups excluding carboxylic acids is 3. The molecule has 0 unspecified atom stereocenters. The predicted octanol–water partition coefficient (Wildman–Crippen LogP) is 3.31. The van der Waals surface area contributed by atoms with Crippen LogP contribution in [0.1, 0.15) is 52.0 Å². The molecule has 8 heteroatoms. The van der Waals surface area contributed by atoms with E-state index in [9.17, 15) is 14.4 Å². The zero-order chi connectivity index (χ0) is 23.3. The Morgan fingerprint density at radius 1 is 1.19 bits per heavy atom. The van der Waals surface area contributed by atoms with Crippen LogP contribution in [0.3, 0.4) is 0 Å². The Kier molecular flexibility index (Phi) is 8.09. The van der Waals surface area contributed by atoms with Crippen LogP contribution in [0.2, 0.25) is 0 Å². The van der Waals surface area contributed by atoms with Crippen molar-refractivity contribution in [1.29, 1.82) is 0 Å². The van der Waals surface area contributed by atoms with Crippen LogP contribution in [0.15, 0.2) is 24.3 Å². The summed E-state index contributed by atoms with van der Waals surface area (Å²) in [6.07, 6.45) is 3.26. The van der Waals surface area contributed by atoms with E-state index in [1.54, 1.807) is 4.90 Å². The molecule has 0 saturated carbocycles. The highest BCUT2D eigenvalue weighted by Gasteiger charge is 2.32. The minimum absolute atomic E-state index is 0.0536. The first-order valence-electron chi connectivity index (χ1n) is 11.5. The lowest BCUT2D eigenvalue weighted by Gasteiger charge is -2.38. The number of para-hydroxylation sites is 1.